The highest BCUT2D eigenvalue weighted by Gasteiger charge is 2.32. The maximum absolute atomic E-state index is 13.7. The van der Waals surface area contributed by atoms with Crippen LogP contribution in [-0.4, -0.2) is 58.0 Å². The van der Waals surface area contributed by atoms with Crippen LogP contribution >= 0.6 is 0 Å². The van der Waals surface area contributed by atoms with Crippen LogP contribution in [0, 0.1) is 19.3 Å². The number of alkyl halides is 3. The Morgan fingerprint density at radius 1 is 1.18 bits per heavy atom. The average molecular weight is 541 g/mol. The number of hydrogen-bond acceptors (Lipinski definition) is 7. The highest BCUT2D eigenvalue weighted by atomic mass is 19.4. The van der Waals surface area contributed by atoms with Gasteiger partial charge in [-0.05, 0) is 62.7 Å². The molecule has 0 atom stereocenters. The molecule has 1 aliphatic rings. The van der Waals surface area contributed by atoms with Gasteiger partial charge in [0.2, 0.25) is 0 Å². The number of hydrazine groups is 1. The van der Waals surface area contributed by atoms with Crippen molar-refractivity contribution in [2.45, 2.75) is 26.4 Å². The lowest BCUT2D eigenvalue weighted by Crippen LogP contribution is -2.37. The third-order valence-electron chi connectivity index (χ3n) is 6.82. The van der Waals surface area contributed by atoms with Crippen molar-refractivity contribution < 1.29 is 18.0 Å². The normalized spacial score (nSPS) is 14.2. The Balaban J connectivity index is 1.57. The summed E-state index contributed by atoms with van der Waals surface area (Å²) in [6.45, 7) is 4.96. The maximum Gasteiger partial charge on any atom is 0.416 e. The van der Waals surface area contributed by atoms with Gasteiger partial charge >= 0.3 is 6.18 Å². The van der Waals surface area contributed by atoms with Gasteiger partial charge in [-0.2, -0.15) is 18.3 Å². The second kappa shape index (κ2) is 11.0. The zero-order valence-electron chi connectivity index (χ0n) is 22.2. The van der Waals surface area contributed by atoms with E-state index in [9.17, 15) is 18.0 Å². The summed E-state index contributed by atoms with van der Waals surface area (Å²) in [5.74, 6) is 5.62. The average Bonchev–Trinajstić information content (AvgIpc) is 3.21. The lowest BCUT2D eigenvalue weighted by atomic mass is 9.97. The van der Waals surface area contributed by atoms with Crippen LogP contribution in [0.3, 0.4) is 0 Å². The van der Waals surface area contributed by atoms with E-state index in [0.29, 0.717) is 35.5 Å². The summed E-state index contributed by atoms with van der Waals surface area (Å²) in [4.78, 5) is 19.4. The van der Waals surface area contributed by atoms with Crippen molar-refractivity contribution in [3.8, 4) is 0 Å². The SMILES string of the molecule is Cc1ncc(C(=O)Nc2cc(C3=CCN(C)CC3)cc(C(F)(F)F)c2)cc1N(N)CC(=N)c1cnn(C)c1C. The number of hydrogen-bond donors (Lipinski definition) is 3. The van der Waals surface area contributed by atoms with Crippen LogP contribution in [0.2, 0.25) is 0 Å². The van der Waals surface area contributed by atoms with Crippen molar-refractivity contribution in [1.29, 1.82) is 5.41 Å². The number of carbonyl (C=O) groups is 1. The third kappa shape index (κ3) is 6.35. The number of aromatic nitrogens is 3. The summed E-state index contributed by atoms with van der Waals surface area (Å²) in [5.41, 5.74) is 3.17. The van der Waals surface area contributed by atoms with E-state index in [1.165, 1.54) is 17.3 Å². The molecule has 0 spiro atoms. The number of nitrogens with zero attached hydrogens (tertiary/aromatic N) is 5. The van der Waals surface area contributed by atoms with Gasteiger partial charge in [-0.25, -0.2) is 5.84 Å². The first kappa shape index (κ1) is 28.0. The number of likely N-dealkylation sites (N-methyl/N-ethyl adjacent to an activating group) is 1. The molecule has 1 amide bonds. The fraction of sp³-hybridized carbons (Fsp3) is 0.333. The lowest BCUT2D eigenvalue weighted by Gasteiger charge is -2.23. The van der Waals surface area contributed by atoms with E-state index in [0.717, 1.165) is 29.9 Å². The highest BCUT2D eigenvalue weighted by Crippen LogP contribution is 2.35. The first-order chi connectivity index (χ1) is 18.3. The zero-order valence-corrected chi connectivity index (χ0v) is 22.2. The number of pyridine rings is 1. The maximum atomic E-state index is 13.7. The summed E-state index contributed by atoms with van der Waals surface area (Å²) < 4.78 is 42.7. The van der Waals surface area contributed by atoms with Gasteiger partial charge in [0.25, 0.3) is 5.91 Å². The molecular formula is C27H31F3N8O. The van der Waals surface area contributed by atoms with E-state index in [1.807, 2.05) is 20.0 Å². The number of nitrogens with one attached hydrogen (secondary N) is 2. The van der Waals surface area contributed by atoms with Crippen LogP contribution in [0.5, 0.6) is 0 Å². The number of benzene rings is 1. The topological polar surface area (TPSA) is 116 Å². The third-order valence-corrected chi connectivity index (χ3v) is 6.82. The smallest absolute Gasteiger partial charge is 0.322 e. The number of aryl methyl sites for hydroxylation is 2. The molecule has 0 aliphatic carbocycles. The number of nitrogens with two attached hydrogens (primary N) is 1. The van der Waals surface area contributed by atoms with Crippen LogP contribution in [0.4, 0.5) is 24.5 Å². The quantitative estimate of drug-likeness (QED) is 0.235. The van der Waals surface area contributed by atoms with Gasteiger partial charge < -0.3 is 20.6 Å². The van der Waals surface area contributed by atoms with E-state index < -0.39 is 17.6 Å². The van der Waals surface area contributed by atoms with Gasteiger partial charge in [0.05, 0.1) is 41.0 Å². The number of carbonyl (C=O) groups excluding carboxylic acids is 1. The predicted molar refractivity (Wildman–Crippen MR) is 145 cm³/mol. The summed E-state index contributed by atoms with van der Waals surface area (Å²) in [5, 5.41) is 16.5. The largest absolute Gasteiger partial charge is 0.416 e. The Morgan fingerprint density at radius 2 is 1.92 bits per heavy atom. The van der Waals surface area contributed by atoms with Gasteiger partial charge in [0.1, 0.15) is 0 Å². The summed E-state index contributed by atoms with van der Waals surface area (Å²) >= 11 is 0. The molecule has 0 fully saturated rings. The molecule has 4 N–H and O–H groups in total. The van der Waals surface area contributed by atoms with E-state index in [2.05, 4.69) is 20.3 Å². The van der Waals surface area contributed by atoms with E-state index in [4.69, 9.17) is 11.3 Å². The second-order valence-electron chi connectivity index (χ2n) is 9.69. The van der Waals surface area contributed by atoms with Crippen LogP contribution in [-0.2, 0) is 13.2 Å². The molecule has 4 rings (SSSR count). The van der Waals surface area contributed by atoms with Crippen LogP contribution < -0.4 is 16.2 Å². The van der Waals surface area contributed by atoms with Gasteiger partial charge in [-0.15, -0.1) is 0 Å². The zero-order chi connectivity index (χ0) is 28.5. The molecule has 9 nitrogen and oxygen atoms in total. The molecule has 2 aromatic heterocycles. The molecule has 12 heteroatoms. The fourth-order valence-corrected chi connectivity index (χ4v) is 4.36. The molecule has 0 saturated carbocycles. The predicted octanol–water partition coefficient (Wildman–Crippen LogP) is 4.17. The van der Waals surface area contributed by atoms with Gasteiger partial charge in [0, 0.05) is 43.3 Å². The number of anilines is 2. The Morgan fingerprint density at radius 3 is 2.54 bits per heavy atom. The minimum absolute atomic E-state index is 0.0292. The van der Waals surface area contributed by atoms with Crippen LogP contribution in [0.1, 0.15) is 44.9 Å². The molecule has 0 unspecified atom stereocenters. The standard InChI is InChI=1S/C27H31F3N8O/c1-16-25(38(32)15-24(31)23-14-34-37(4)17(23)2)11-20(13-33-16)26(39)35-22-10-19(9-21(12-22)27(28,29)30)18-5-7-36(3)8-6-18/h5,9-14,31H,6-8,15,32H2,1-4H3,(H,35,39). The van der Waals surface area contributed by atoms with Crippen molar-refractivity contribution in [3.05, 3.63) is 76.4 Å². The fourth-order valence-electron chi connectivity index (χ4n) is 4.36. The Hall–Kier alpha value is -4.03. The molecule has 3 aromatic rings. The van der Waals surface area contributed by atoms with E-state index in [1.54, 1.807) is 30.9 Å². The molecule has 1 aromatic carbocycles. The molecule has 0 saturated heterocycles. The Kier molecular flexibility index (Phi) is 7.89. The second-order valence-corrected chi connectivity index (χ2v) is 9.69. The van der Waals surface area contributed by atoms with Crippen LogP contribution in [0.25, 0.3) is 5.57 Å². The van der Waals surface area contributed by atoms with Crippen molar-refractivity contribution in [1.82, 2.24) is 19.7 Å². The summed E-state index contributed by atoms with van der Waals surface area (Å²) in [6.07, 6.45) is 0.868. The van der Waals surface area contributed by atoms with E-state index >= 15 is 0 Å². The number of rotatable bonds is 7. The van der Waals surface area contributed by atoms with Crippen molar-refractivity contribution in [2.24, 2.45) is 12.9 Å². The first-order valence-corrected chi connectivity index (χ1v) is 12.3. The first-order valence-electron chi connectivity index (χ1n) is 12.3. The Labute approximate surface area is 224 Å². The van der Waals surface area contributed by atoms with Crippen molar-refractivity contribution >= 4 is 28.6 Å². The lowest BCUT2D eigenvalue weighted by molar-refractivity contribution is -0.137. The molecular weight excluding hydrogens is 509 g/mol. The number of halogens is 3. The van der Waals surface area contributed by atoms with Crippen LogP contribution in [0.15, 0.2) is 42.7 Å². The number of amides is 1. The molecule has 1 aliphatic heterocycles. The van der Waals surface area contributed by atoms with E-state index in [-0.39, 0.29) is 23.5 Å². The van der Waals surface area contributed by atoms with Crippen molar-refractivity contribution in [2.75, 3.05) is 37.0 Å². The van der Waals surface area contributed by atoms with Crippen molar-refractivity contribution in [3.63, 3.8) is 0 Å². The molecule has 0 radical (unpaired) electrons. The van der Waals surface area contributed by atoms with Gasteiger partial charge in [-0.1, -0.05) is 6.08 Å². The summed E-state index contributed by atoms with van der Waals surface area (Å²) in [6, 6.07) is 5.10. The minimum Gasteiger partial charge on any atom is -0.322 e. The van der Waals surface area contributed by atoms with Gasteiger partial charge in [0.15, 0.2) is 0 Å². The Bertz CT molecular complexity index is 1440. The minimum atomic E-state index is -4.57. The molecule has 39 heavy (non-hydrogen) atoms. The monoisotopic (exact) mass is 540 g/mol. The summed E-state index contributed by atoms with van der Waals surface area (Å²) in [7, 11) is 3.72. The molecule has 206 valence electrons. The highest BCUT2D eigenvalue weighted by molar-refractivity contribution is 6.05. The molecule has 3 heterocycles. The van der Waals surface area contributed by atoms with Gasteiger partial charge in [-0.3, -0.25) is 14.5 Å². The molecule has 0 bridgehead atoms.